The van der Waals surface area contributed by atoms with Crippen LogP contribution in [-0.2, 0) is 4.79 Å². The average Bonchev–Trinajstić information content (AvgIpc) is 2.17. The maximum Gasteiger partial charge on any atom is 0.244 e. The second-order valence-electron chi connectivity index (χ2n) is 4.02. The molecule has 0 aliphatic rings. The summed E-state index contributed by atoms with van der Waals surface area (Å²) in [4.78, 5) is 15.8. The van der Waals surface area contributed by atoms with Crippen LogP contribution < -0.4 is 10.6 Å². The van der Waals surface area contributed by atoms with Gasteiger partial charge >= 0.3 is 0 Å². The van der Waals surface area contributed by atoms with Crippen molar-refractivity contribution >= 4 is 11.6 Å². The van der Waals surface area contributed by atoms with Gasteiger partial charge in [0.2, 0.25) is 5.91 Å². The molecule has 0 radical (unpaired) electrons. The van der Waals surface area contributed by atoms with Crippen LogP contribution in [0.3, 0.4) is 0 Å². The highest BCUT2D eigenvalue weighted by Crippen LogP contribution is 2.10. The average molecular weight is 207 g/mol. The summed E-state index contributed by atoms with van der Waals surface area (Å²) in [6.07, 6.45) is 1.68. The Balaban J connectivity index is 2.75. The summed E-state index contributed by atoms with van der Waals surface area (Å²) in [5, 5.41) is 5.78. The molecule has 0 spiro atoms. The predicted molar refractivity (Wildman–Crippen MR) is 60.7 cm³/mol. The zero-order chi connectivity index (χ0) is 11.5. The summed E-state index contributed by atoms with van der Waals surface area (Å²) in [5.74, 6) is -0.0596. The van der Waals surface area contributed by atoms with Gasteiger partial charge in [0.1, 0.15) is 0 Å². The van der Waals surface area contributed by atoms with Gasteiger partial charge in [0.05, 0.1) is 5.54 Å². The monoisotopic (exact) mass is 207 g/mol. The normalized spacial score (nSPS) is 11.2. The van der Waals surface area contributed by atoms with Gasteiger partial charge in [-0.05, 0) is 40.0 Å². The molecule has 4 heteroatoms. The summed E-state index contributed by atoms with van der Waals surface area (Å²) in [6.45, 7) is 5.55. The van der Waals surface area contributed by atoms with Crippen molar-refractivity contribution in [1.82, 2.24) is 10.3 Å². The maximum absolute atomic E-state index is 11.8. The van der Waals surface area contributed by atoms with E-state index >= 15 is 0 Å². The molecule has 0 fully saturated rings. The van der Waals surface area contributed by atoms with Gasteiger partial charge in [-0.15, -0.1) is 0 Å². The Labute approximate surface area is 90.1 Å². The van der Waals surface area contributed by atoms with Crippen LogP contribution in [0.1, 0.15) is 19.5 Å². The second-order valence-corrected chi connectivity index (χ2v) is 4.02. The number of carbonyl (C=O) groups excluding carboxylic acids is 1. The molecule has 0 saturated heterocycles. The molecule has 1 amide bonds. The summed E-state index contributed by atoms with van der Waals surface area (Å²) >= 11 is 0. The molecular weight excluding hydrogens is 190 g/mol. The number of pyridine rings is 1. The lowest BCUT2D eigenvalue weighted by Gasteiger charge is -2.22. The number of anilines is 1. The molecule has 0 atom stereocenters. The van der Waals surface area contributed by atoms with Gasteiger partial charge in [-0.25, -0.2) is 0 Å². The molecule has 0 unspecified atom stereocenters. The van der Waals surface area contributed by atoms with E-state index in [1.165, 1.54) is 0 Å². The van der Waals surface area contributed by atoms with Gasteiger partial charge in [-0.2, -0.15) is 0 Å². The van der Waals surface area contributed by atoms with Crippen molar-refractivity contribution in [1.29, 1.82) is 0 Å². The first-order valence-electron chi connectivity index (χ1n) is 4.89. The van der Waals surface area contributed by atoms with Gasteiger partial charge in [0.15, 0.2) is 0 Å². The minimum atomic E-state index is -0.572. The Morgan fingerprint density at radius 2 is 2.13 bits per heavy atom. The summed E-state index contributed by atoms with van der Waals surface area (Å²) in [6, 6.07) is 3.61. The van der Waals surface area contributed by atoms with Crippen LogP contribution in [0, 0.1) is 6.92 Å². The lowest BCUT2D eigenvalue weighted by Crippen LogP contribution is -2.47. The zero-order valence-electron chi connectivity index (χ0n) is 9.59. The Bertz CT molecular complexity index is 361. The molecule has 0 aliphatic carbocycles. The Hall–Kier alpha value is -1.42. The number of likely N-dealkylation sites (N-methyl/N-ethyl adjacent to an activating group) is 1. The predicted octanol–water partition coefficient (Wildman–Crippen LogP) is 1.33. The van der Waals surface area contributed by atoms with Crippen LogP contribution in [0.25, 0.3) is 0 Å². The van der Waals surface area contributed by atoms with Crippen molar-refractivity contribution < 1.29 is 4.79 Å². The standard InChI is InChI=1S/C11H17N3O/c1-8-7-9(5-6-13-8)14-10(15)11(2,3)12-4/h5-7,12H,1-4H3,(H,13,14,15). The van der Waals surface area contributed by atoms with Crippen LogP contribution in [-0.4, -0.2) is 23.5 Å². The van der Waals surface area contributed by atoms with E-state index in [0.717, 1.165) is 11.4 Å². The van der Waals surface area contributed by atoms with Gasteiger partial charge in [-0.3, -0.25) is 9.78 Å². The smallest absolute Gasteiger partial charge is 0.244 e. The molecule has 1 rings (SSSR count). The SMILES string of the molecule is CNC(C)(C)C(=O)Nc1ccnc(C)c1. The lowest BCUT2D eigenvalue weighted by molar-refractivity contribution is -0.121. The van der Waals surface area contributed by atoms with Crippen molar-refractivity contribution in [2.24, 2.45) is 0 Å². The molecule has 1 heterocycles. The molecule has 4 nitrogen and oxygen atoms in total. The number of carbonyl (C=O) groups is 1. The first kappa shape index (κ1) is 11.7. The fourth-order valence-electron chi connectivity index (χ4n) is 1.02. The molecule has 1 aromatic rings. The number of nitrogens with one attached hydrogen (secondary N) is 2. The van der Waals surface area contributed by atoms with Crippen molar-refractivity contribution in [2.75, 3.05) is 12.4 Å². The van der Waals surface area contributed by atoms with E-state index in [-0.39, 0.29) is 5.91 Å². The van der Waals surface area contributed by atoms with Crippen LogP contribution in [0.5, 0.6) is 0 Å². The number of amides is 1. The summed E-state index contributed by atoms with van der Waals surface area (Å²) in [7, 11) is 1.76. The molecule has 0 aromatic carbocycles. The van der Waals surface area contributed by atoms with E-state index in [4.69, 9.17) is 0 Å². The van der Waals surface area contributed by atoms with E-state index in [1.807, 2.05) is 26.8 Å². The number of hydrogen-bond acceptors (Lipinski definition) is 3. The van der Waals surface area contributed by atoms with E-state index in [9.17, 15) is 4.79 Å². The number of aryl methyl sites for hydroxylation is 1. The third-order valence-corrected chi connectivity index (χ3v) is 2.35. The first-order valence-corrected chi connectivity index (χ1v) is 4.89. The molecule has 15 heavy (non-hydrogen) atoms. The highest BCUT2D eigenvalue weighted by atomic mass is 16.2. The Kier molecular flexibility index (Phi) is 3.42. The van der Waals surface area contributed by atoms with Gasteiger partial charge in [0.25, 0.3) is 0 Å². The van der Waals surface area contributed by atoms with Crippen molar-refractivity contribution in [2.45, 2.75) is 26.3 Å². The lowest BCUT2D eigenvalue weighted by atomic mass is 10.1. The first-order chi connectivity index (χ1) is 6.95. The number of hydrogen-bond donors (Lipinski definition) is 2. The molecule has 0 saturated carbocycles. The van der Waals surface area contributed by atoms with Crippen molar-refractivity contribution in [3.05, 3.63) is 24.0 Å². The minimum Gasteiger partial charge on any atom is -0.324 e. The molecule has 0 bridgehead atoms. The Morgan fingerprint density at radius 3 is 2.67 bits per heavy atom. The molecular formula is C11H17N3O. The van der Waals surface area contributed by atoms with Gasteiger partial charge < -0.3 is 10.6 Å². The molecule has 82 valence electrons. The highest BCUT2D eigenvalue weighted by Gasteiger charge is 2.24. The number of nitrogens with zero attached hydrogens (tertiary/aromatic N) is 1. The molecule has 0 aliphatic heterocycles. The fraction of sp³-hybridized carbons (Fsp3) is 0.455. The zero-order valence-corrected chi connectivity index (χ0v) is 9.59. The largest absolute Gasteiger partial charge is 0.324 e. The van der Waals surface area contributed by atoms with Crippen molar-refractivity contribution in [3.63, 3.8) is 0 Å². The highest BCUT2D eigenvalue weighted by molar-refractivity contribution is 5.97. The molecule has 1 aromatic heterocycles. The van der Waals surface area contributed by atoms with Crippen LogP contribution >= 0.6 is 0 Å². The van der Waals surface area contributed by atoms with E-state index < -0.39 is 5.54 Å². The number of rotatable bonds is 3. The summed E-state index contributed by atoms with van der Waals surface area (Å²) < 4.78 is 0. The third kappa shape index (κ3) is 3.02. The molecule has 2 N–H and O–H groups in total. The summed E-state index contributed by atoms with van der Waals surface area (Å²) in [5.41, 5.74) is 1.09. The van der Waals surface area contributed by atoms with E-state index in [1.54, 1.807) is 19.3 Å². The fourth-order valence-corrected chi connectivity index (χ4v) is 1.02. The Morgan fingerprint density at radius 1 is 1.47 bits per heavy atom. The maximum atomic E-state index is 11.8. The topological polar surface area (TPSA) is 54.0 Å². The van der Waals surface area contributed by atoms with Crippen molar-refractivity contribution in [3.8, 4) is 0 Å². The second kappa shape index (κ2) is 4.40. The quantitative estimate of drug-likeness (QED) is 0.786. The van der Waals surface area contributed by atoms with Gasteiger partial charge in [-0.1, -0.05) is 0 Å². The number of aromatic nitrogens is 1. The third-order valence-electron chi connectivity index (χ3n) is 2.35. The van der Waals surface area contributed by atoms with Crippen LogP contribution in [0.15, 0.2) is 18.3 Å². The van der Waals surface area contributed by atoms with Crippen LogP contribution in [0.4, 0.5) is 5.69 Å². The van der Waals surface area contributed by atoms with Gasteiger partial charge in [0, 0.05) is 17.6 Å². The van der Waals surface area contributed by atoms with E-state index in [2.05, 4.69) is 15.6 Å². The van der Waals surface area contributed by atoms with Crippen LogP contribution in [0.2, 0.25) is 0 Å². The van der Waals surface area contributed by atoms with E-state index in [0.29, 0.717) is 0 Å². The minimum absolute atomic E-state index is 0.0596.